The zero-order valence-corrected chi connectivity index (χ0v) is 31.0. The first-order chi connectivity index (χ1) is 27.5. The van der Waals surface area contributed by atoms with E-state index in [0.717, 1.165) is 77.3 Å². The van der Waals surface area contributed by atoms with E-state index in [1.54, 1.807) is 0 Å². The van der Waals surface area contributed by atoms with Crippen molar-refractivity contribution in [1.29, 1.82) is 0 Å². The molecule has 0 atom stereocenters. The van der Waals surface area contributed by atoms with Crippen molar-refractivity contribution in [3.63, 3.8) is 0 Å². The fourth-order valence-electron chi connectivity index (χ4n) is 9.57. The van der Waals surface area contributed by atoms with Crippen LogP contribution >= 0.6 is 0 Å². The maximum absolute atomic E-state index is 7.13. The number of hydrogen-bond donors (Lipinski definition) is 0. The highest BCUT2D eigenvalue weighted by Crippen LogP contribution is 2.51. The smallest absolute Gasteiger partial charge is 0.143 e. The number of hydrogen-bond acceptors (Lipinski definition) is 3. The molecule has 0 saturated carbocycles. The highest BCUT2D eigenvalue weighted by Gasteiger charge is 2.35. The predicted octanol–water partition coefficient (Wildman–Crippen LogP) is 14.3. The van der Waals surface area contributed by atoms with Gasteiger partial charge in [0, 0.05) is 43.7 Å². The largest absolute Gasteiger partial charge is 0.455 e. The predicted molar refractivity (Wildman–Crippen MR) is 233 cm³/mol. The van der Waals surface area contributed by atoms with Crippen LogP contribution in [0.25, 0.3) is 110 Å². The van der Waals surface area contributed by atoms with Gasteiger partial charge in [-0.2, -0.15) is 0 Å². The van der Waals surface area contributed by atoms with Crippen molar-refractivity contribution in [2.75, 3.05) is 0 Å². The van der Waals surface area contributed by atoms with Crippen LogP contribution < -0.4 is 0 Å². The number of benzene rings is 9. The summed E-state index contributed by atoms with van der Waals surface area (Å²) in [5.41, 5.74) is 15.1. The first kappa shape index (κ1) is 31.3. The highest BCUT2D eigenvalue weighted by atomic mass is 16.3. The Morgan fingerprint density at radius 2 is 1.05 bits per heavy atom. The number of furan rings is 1. The molecule has 2 heterocycles. The van der Waals surface area contributed by atoms with E-state index >= 15 is 0 Å². The van der Waals surface area contributed by atoms with Crippen LogP contribution in [0.5, 0.6) is 0 Å². The minimum Gasteiger partial charge on any atom is -0.455 e. The molecule has 0 aliphatic heterocycles. The summed E-state index contributed by atoms with van der Waals surface area (Å²) in [6.07, 6.45) is 1.92. The monoisotopic (exact) mass is 714 g/mol. The number of para-hydroxylation sites is 1. The molecule has 0 amide bonds. The zero-order chi connectivity index (χ0) is 37.1. The van der Waals surface area contributed by atoms with Gasteiger partial charge >= 0.3 is 0 Å². The van der Waals surface area contributed by atoms with Crippen LogP contribution in [0.1, 0.15) is 25.0 Å². The van der Waals surface area contributed by atoms with Crippen molar-refractivity contribution in [3.8, 4) is 44.6 Å². The summed E-state index contributed by atoms with van der Waals surface area (Å²) in [5.74, 6) is 0. The van der Waals surface area contributed by atoms with Gasteiger partial charge in [0.05, 0.1) is 22.9 Å². The van der Waals surface area contributed by atoms with Gasteiger partial charge in [-0.3, -0.25) is 4.98 Å². The summed E-state index contributed by atoms with van der Waals surface area (Å²) < 4.78 is 7.13. The Balaban J connectivity index is 1.04. The third kappa shape index (κ3) is 4.34. The second kappa shape index (κ2) is 11.5. The van der Waals surface area contributed by atoms with E-state index in [4.69, 9.17) is 14.4 Å². The quantitative estimate of drug-likeness (QED) is 0.171. The molecule has 0 bridgehead atoms. The van der Waals surface area contributed by atoms with Crippen molar-refractivity contribution in [2.45, 2.75) is 19.3 Å². The van der Waals surface area contributed by atoms with Crippen molar-refractivity contribution in [2.24, 2.45) is 0 Å². The standard InChI is InChI=1S/C53H34N2O/c1-53(2)45-24-10-9-19-39(45)40-26-25-33(29-46(40)53)44-28-32-13-3-4-16-35(32)48-43-23-12-22-36(51(43)56-52(44)48)31-14-11-15-34(27-31)47-30-54-49-41-20-7-5-17-37(41)38-18-6-8-21-42(38)50(49)55-47/h3-30H,1-2H3. The topological polar surface area (TPSA) is 38.9 Å². The second-order valence-electron chi connectivity index (χ2n) is 15.7. The molecule has 2 aromatic heterocycles. The summed E-state index contributed by atoms with van der Waals surface area (Å²) in [4.78, 5) is 10.3. The number of rotatable bonds is 3. The molecule has 3 nitrogen and oxygen atoms in total. The highest BCUT2D eigenvalue weighted by molar-refractivity contribution is 6.25. The molecular weight excluding hydrogens is 681 g/mol. The molecule has 0 fully saturated rings. The summed E-state index contributed by atoms with van der Waals surface area (Å²) in [6, 6.07) is 58.9. The van der Waals surface area contributed by atoms with Gasteiger partial charge in [-0.15, -0.1) is 0 Å². The Morgan fingerprint density at radius 1 is 0.429 bits per heavy atom. The lowest BCUT2D eigenvalue weighted by atomic mass is 9.81. The van der Waals surface area contributed by atoms with Gasteiger partial charge in [0.2, 0.25) is 0 Å². The van der Waals surface area contributed by atoms with Crippen molar-refractivity contribution >= 4 is 65.3 Å². The SMILES string of the molecule is CC1(C)c2ccccc2-c2ccc(-c3cc4ccccc4c4c3oc3c(-c5cccc(-c6cnc7c8ccccc8c8ccccc8c7n6)c5)cccc34)cc21. The Kier molecular flexibility index (Phi) is 6.40. The first-order valence-electron chi connectivity index (χ1n) is 19.3. The minimum atomic E-state index is -0.0970. The van der Waals surface area contributed by atoms with Gasteiger partial charge in [-0.25, -0.2) is 4.98 Å². The summed E-state index contributed by atoms with van der Waals surface area (Å²) >= 11 is 0. The summed E-state index contributed by atoms with van der Waals surface area (Å²) in [6.45, 7) is 4.68. The van der Waals surface area contributed by atoms with Crippen LogP contribution in [-0.4, -0.2) is 9.97 Å². The molecule has 0 spiro atoms. The maximum Gasteiger partial charge on any atom is 0.143 e. The molecule has 3 heteroatoms. The van der Waals surface area contributed by atoms with Gasteiger partial charge in [-0.05, 0) is 73.1 Å². The lowest BCUT2D eigenvalue weighted by Gasteiger charge is -2.22. The summed E-state index contributed by atoms with van der Waals surface area (Å²) in [5, 5.41) is 9.25. The van der Waals surface area contributed by atoms with E-state index in [-0.39, 0.29) is 5.41 Å². The lowest BCUT2D eigenvalue weighted by molar-refractivity contribution is 0.660. The Bertz CT molecular complexity index is 3430. The molecule has 1 aliphatic carbocycles. The average Bonchev–Trinajstić information content (AvgIpc) is 3.76. The van der Waals surface area contributed by atoms with Crippen LogP contribution in [0.15, 0.2) is 174 Å². The lowest BCUT2D eigenvalue weighted by Crippen LogP contribution is -2.14. The van der Waals surface area contributed by atoms with E-state index in [0.29, 0.717) is 0 Å². The van der Waals surface area contributed by atoms with E-state index in [1.165, 1.54) is 43.8 Å². The fourth-order valence-corrected chi connectivity index (χ4v) is 9.57. The van der Waals surface area contributed by atoms with Crippen LogP contribution in [0, 0.1) is 0 Å². The van der Waals surface area contributed by atoms with Gasteiger partial charge in [0.25, 0.3) is 0 Å². The maximum atomic E-state index is 7.13. The van der Waals surface area contributed by atoms with Crippen molar-refractivity contribution in [3.05, 3.63) is 181 Å². The number of aromatic nitrogens is 2. The minimum absolute atomic E-state index is 0.0970. The third-order valence-corrected chi connectivity index (χ3v) is 12.3. The third-order valence-electron chi connectivity index (χ3n) is 12.3. The van der Waals surface area contributed by atoms with Crippen molar-refractivity contribution in [1.82, 2.24) is 9.97 Å². The van der Waals surface area contributed by atoms with Gasteiger partial charge in [0.15, 0.2) is 0 Å². The Morgan fingerprint density at radius 3 is 1.89 bits per heavy atom. The van der Waals surface area contributed by atoms with Crippen LogP contribution in [0.2, 0.25) is 0 Å². The normalized spacial score (nSPS) is 13.3. The Labute approximate surface area is 323 Å². The molecule has 1 aliphatic rings. The Hall–Kier alpha value is -7.10. The fraction of sp³-hybridized carbons (Fsp3) is 0.0566. The number of nitrogens with zero attached hydrogens (tertiary/aromatic N) is 2. The van der Waals surface area contributed by atoms with E-state index in [2.05, 4.69) is 178 Å². The van der Waals surface area contributed by atoms with E-state index in [9.17, 15) is 0 Å². The van der Waals surface area contributed by atoms with Crippen LogP contribution in [-0.2, 0) is 5.41 Å². The molecule has 0 radical (unpaired) electrons. The van der Waals surface area contributed by atoms with Gasteiger partial charge < -0.3 is 4.42 Å². The van der Waals surface area contributed by atoms with Crippen LogP contribution in [0.4, 0.5) is 0 Å². The summed E-state index contributed by atoms with van der Waals surface area (Å²) in [7, 11) is 0. The first-order valence-corrected chi connectivity index (χ1v) is 19.3. The molecule has 56 heavy (non-hydrogen) atoms. The molecule has 262 valence electrons. The average molecular weight is 715 g/mol. The molecule has 12 rings (SSSR count). The molecule has 11 aromatic rings. The molecule has 0 saturated heterocycles. The number of fused-ring (bicyclic) bond motifs is 14. The van der Waals surface area contributed by atoms with E-state index in [1.807, 2.05) is 6.20 Å². The molecular formula is C53H34N2O. The molecule has 0 N–H and O–H groups in total. The van der Waals surface area contributed by atoms with Gasteiger partial charge in [-0.1, -0.05) is 159 Å². The zero-order valence-electron chi connectivity index (χ0n) is 31.0. The molecule has 0 unspecified atom stereocenters. The van der Waals surface area contributed by atoms with Gasteiger partial charge in [0.1, 0.15) is 11.2 Å². The molecule has 9 aromatic carbocycles. The van der Waals surface area contributed by atoms with Crippen molar-refractivity contribution < 1.29 is 4.42 Å². The van der Waals surface area contributed by atoms with Crippen LogP contribution in [0.3, 0.4) is 0 Å². The second-order valence-corrected chi connectivity index (χ2v) is 15.7. The van der Waals surface area contributed by atoms with E-state index < -0.39 is 0 Å².